The Morgan fingerprint density at radius 1 is 0.857 bits per heavy atom. The predicted octanol–water partition coefficient (Wildman–Crippen LogP) is 4.23. The highest BCUT2D eigenvalue weighted by Crippen LogP contribution is 2.30. The molecule has 0 atom stereocenters. The predicted molar refractivity (Wildman–Crippen MR) is 111 cm³/mol. The Labute approximate surface area is 163 Å². The van der Waals surface area contributed by atoms with E-state index in [1.54, 1.807) is 0 Å². The van der Waals surface area contributed by atoms with Crippen LogP contribution in [0.3, 0.4) is 0 Å². The van der Waals surface area contributed by atoms with E-state index in [1.807, 2.05) is 24.3 Å². The molecule has 138 valence electrons. The molecular formula is C24H21N3O. The lowest BCUT2D eigenvalue weighted by Gasteiger charge is -2.12. The van der Waals surface area contributed by atoms with Gasteiger partial charge in [-0.25, -0.2) is 4.98 Å². The van der Waals surface area contributed by atoms with Crippen LogP contribution in [0.4, 0.5) is 0 Å². The molecule has 28 heavy (non-hydrogen) atoms. The van der Waals surface area contributed by atoms with Crippen LogP contribution < -0.4 is 5.32 Å². The average molecular weight is 367 g/mol. The smallest absolute Gasteiger partial charge is 0.253 e. The highest BCUT2D eigenvalue weighted by Gasteiger charge is 2.22. The van der Waals surface area contributed by atoms with Crippen molar-refractivity contribution in [2.75, 3.05) is 6.54 Å². The first-order valence-corrected chi connectivity index (χ1v) is 9.71. The maximum Gasteiger partial charge on any atom is 0.253 e. The lowest BCUT2D eigenvalue weighted by atomic mass is 9.99. The van der Waals surface area contributed by atoms with Crippen molar-refractivity contribution in [1.29, 1.82) is 0 Å². The van der Waals surface area contributed by atoms with Crippen LogP contribution in [0.15, 0.2) is 72.8 Å². The van der Waals surface area contributed by atoms with Gasteiger partial charge in [0.05, 0.1) is 16.6 Å². The van der Waals surface area contributed by atoms with Crippen molar-refractivity contribution < 1.29 is 4.79 Å². The molecule has 1 aromatic heterocycles. The summed E-state index contributed by atoms with van der Waals surface area (Å²) in [5.41, 5.74) is 6.28. The van der Waals surface area contributed by atoms with E-state index >= 15 is 0 Å². The van der Waals surface area contributed by atoms with E-state index in [0.717, 1.165) is 41.8 Å². The SMILES string of the molecule is O=C1NCCn2c(-c3ccccc3CCc3ccccc3)nc3cccc1c32. The van der Waals surface area contributed by atoms with Gasteiger partial charge in [-0.2, -0.15) is 0 Å². The first-order valence-electron chi connectivity index (χ1n) is 9.71. The lowest BCUT2D eigenvalue weighted by Crippen LogP contribution is -2.24. The van der Waals surface area contributed by atoms with Gasteiger partial charge in [-0.1, -0.05) is 60.7 Å². The van der Waals surface area contributed by atoms with Crippen molar-refractivity contribution in [3.05, 3.63) is 89.5 Å². The van der Waals surface area contributed by atoms with Gasteiger partial charge >= 0.3 is 0 Å². The normalized spacial score (nSPS) is 13.4. The van der Waals surface area contributed by atoms with Crippen LogP contribution in [0.1, 0.15) is 21.5 Å². The molecule has 2 heterocycles. The molecule has 1 amide bonds. The number of nitrogens with zero attached hydrogens (tertiary/aromatic N) is 2. The van der Waals surface area contributed by atoms with Crippen molar-refractivity contribution in [3.63, 3.8) is 0 Å². The topological polar surface area (TPSA) is 46.9 Å². The maximum absolute atomic E-state index is 12.4. The lowest BCUT2D eigenvalue weighted by molar-refractivity contribution is 0.0956. The van der Waals surface area contributed by atoms with Crippen LogP contribution in [-0.4, -0.2) is 22.0 Å². The molecule has 5 rings (SSSR count). The number of imidazole rings is 1. The molecule has 1 aliphatic heterocycles. The summed E-state index contributed by atoms with van der Waals surface area (Å²) in [5.74, 6) is 0.927. The van der Waals surface area contributed by atoms with E-state index in [2.05, 4.69) is 58.4 Å². The molecule has 0 radical (unpaired) electrons. The van der Waals surface area contributed by atoms with Crippen molar-refractivity contribution >= 4 is 16.9 Å². The highest BCUT2D eigenvalue weighted by atomic mass is 16.1. The number of nitrogens with one attached hydrogen (secondary N) is 1. The largest absolute Gasteiger partial charge is 0.350 e. The number of aryl methyl sites for hydroxylation is 2. The molecule has 0 saturated carbocycles. The standard InChI is InChI=1S/C24H21N3O/c28-24-20-11-6-12-21-22(20)27(16-15-25-24)23(26-21)19-10-5-4-9-18(19)14-13-17-7-2-1-3-8-17/h1-12H,13-16H2,(H,25,28). The van der Waals surface area contributed by atoms with E-state index in [0.29, 0.717) is 12.1 Å². The number of para-hydroxylation sites is 1. The average Bonchev–Trinajstić information content (AvgIpc) is 3.02. The number of hydrogen-bond acceptors (Lipinski definition) is 2. The second-order valence-corrected chi connectivity index (χ2v) is 7.16. The summed E-state index contributed by atoms with van der Waals surface area (Å²) in [5, 5.41) is 2.99. The number of hydrogen-bond donors (Lipinski definition) is 1. The fraction of sp³-hybridized carbons (Fsp3) is 0.167. The quantitative estimate of drug-likeness (QED) is 0.587. The number of aromatic nitrogens is 2. The van der Waals surface area contributed by atoms with Gasteiger partial charge in [-0.15, -0.1) is 0 Å². The first kappa shape index (κ1) is 16.8. The molecule has 0 fully saturated rings. The summed E-state index contributed by atoms with van der Waals surface area (Å²) in [6.07, 6.45) is 1.94. The van der Waals surface area contributed by atoms with Gasteiger partial charge in [0.15, 0.2) is 0 Å². The Bertz CT molecular complexity index is 1160. The van der Waals surface area contributed by atoms with E-state index in [9.17, 15) is 4.79 Å². The molecule has 0 aliphatic carbocycles. The minimum absolute atomic E-state index is 0.0202. The molecule has 1 N–H and O–H groups in total. The number of carbonyl (C=O) groups is 1. The summed E-state index contributed by atoms with van der Waals surface area (Å²) in [4.78, 5) is 17.3. The molecule has 0 bridgehead atoms. The van der Waals surface area contributed by atoms with E-state index < -0.39 is 0 Å². The van der Waals surface area contributed by atoms with E-state index in [-0.39, 0.29) is 5.91 Å². The van der Waals surface area contributed by atoms with Crippen molar-refractivity contribution in [2.24, 2.45) is 0 Å². The van der Waals surface area contributed by atoms with Crippen molar-refractivity contribution in [3.8, 4) is 11.4 Å². The van der Waals surface area contributed by atoms with Crippen LogP contribution >= 0.6 is 0 Å². The Balaban J connectivity index is 1.60. The van der Waals surface area contributed by atoms with Gasteiger partial charge in [0.25, 0.3) is 5.91 Å². The van der Waals surface area contributed by atoms with Gasteiger partial charge in [0.1, 0.15) is 5.82 Å². The van der Waals surface area contributed by atoms with Crippen LogP contribution in [-0.2, 0) is 19.4 Å². The van der Waals surface area contributed by atoms with Crippen LogP contribution in [0.2, 0.25) is 0 Å². The molecule has 0 saturated heterocycles. The molecule has 0 spiro atoms. The van der Waals surface area contributed by atoms with Gasteiger partial charge in [-0.3, -0.25) is 4.79 Å². The second kappa shape index (κ2) is 6.97. The molecule has 3 aromatic carbocycles. The van der Waals surface area contributed by atoms with Crippen LogP contribution in [0, 0.1) is 0 Å². The maximum atomic E-state index is 12.4. The van der Waals surface area contributed by atoms with Crippen molar-refractivity contribution in [1.82, 2.24) is 14.9 Å². The minimum Gasteiger partial charge on any atom is -0.350 e. The zero-order chi connectivity index (χ0) is 18.9. The molecule has 1 aliphatic rings. The summed E-state index contributed by atoms with van der Waals surface area (Å²) in [6, 6.07) is 24.8. The molecule has 4 aromatic rings. The molecule has 4 nitrogen and oxygen atoms in total. The van der Waals surface area contributed by atoms with Gasteiger partial charge in [-0.05, 0) is 36.1 Å². The number of rotatable bonds is 4. The zero-order valence-corrected chi connectivity index (χ0v) is 15.6. The van der Waals surface area contributed by atoms with E-state index in [1.165, 1.54) is 11.1 Å². The second-order valence-electron chi connectivity index (χ2n) is 7.16. The van der Waals surface area contributed by atoms with Crippen LogP contribution in [0.25, 0.3) is 22.4 Å². The fourth-order valence-electron chi connectivity index (χ4n) is 4.05. The summed E-state index contributed by atoms with van der Waals surface area (Å²) in [7, 11) is 0. The highest BCUT2D eigenvalue weighted by molar-refractivity contribution is 6.06. The fourth-order valence-corrected chi connectivity index (χ4v) is 4.05. The van der Waals surface area contributed by atoms with Crippen LogP contribution in [0.5, 0.6) is 0 Å². The minimum atomic E-state index is -0.0202. The van der Waals surface area contributed by atoms with Gasteiger partial charge < -0.3 is 9.88 Å². The number of amides is 1. The number of carbonyl (C=O) groups excluding carboxylic acids is 1. The van der Waals surface area contributed by atoms with Gasteiger partial charge in [0.2, 0.25) is 0 Å². The monoisotopic (exact) mass is 367 g/mol. The zero-order valence-electron chi connectivity index (χ0n) is 15.6. The summed E-state index contributed by atoms with van der Waals surface area (Å²) >= 11 is 0. The Kier molecular flexibility index (Phi) is 4.17. The third kappa shape index (κ3) is 2.87. The molecule has 0 unspecified atom stereocenters. The molecular weight excluding hydrogens is 346 g/mol. The van der Waals surface area contributed by atoms with Gasteiger partial charge in [0, 0.05) is 18.7 Å². The Morgan fingerprint density at radius 2 is 1.64 bits per heavy atom. The Hall–Kier alpha value is -3.40. The van der Waals surface area contributed by atoms with E-state index in [4.69, 9.17) is 4.98 Å². The third-order valence-electron chi connectivity index (χ3n) is 5.42. The summed E-state index contributed by atoms with van der Waals surface area (Å²) < 4.78 is 2.20. The number of benzene rings is 3. The first-order chi connectivity index (χ1) is 13.8. The third-order valence-corrected chi connectivity index (χ3v) is 5.42. The molecule has 4 heteroatoms. The Morgan fingerprint density at radius 3 is 2.54 bits per heavy atom. The summed E-state index contributed by atoms with van der Waals surface area (Å²) in [6.45, 7) is 1.33. The van der Waals surface area contributed by atoms with Crippen molar-refractivity contribution in [2.45, 2.75) is 19.4 Å².